The Balaban J connectivity index is 2.81. The predicted octanol–water partition coefficient (Wildman–Crippen LogP) is 3.91. The summed E-state index contributed by atoms with van der Waals surface area (Å²) >= 11 is 0. The molecule has 2 heteroatoms. The average Bonchev–Trinajstić information content (AvgIpc) is 2.26. The number of hydrogen-bond acceptors (Lipinski definition) is 1. The van der Waals surface area contributed by atoms with Crippen LogP contribution in [0.3, 0.4) is 0 Å². The van der Waals surface area contributed by atoms with Gasteiger partial charge in [0.05, 0.1) is 0 Å². The van der Waals surface area contributed by atoms with Crippen molar-refractivity contribution in [2.45, 2.75) is 46.2 Å². The summed E-state index contributed by atoms with van der Waals surface area (Å²) in [5, 5.41) is 3.58. The molecule has 1 nitrogen and oxygen atoms in total. The van der Waals surface area contributed by atoms with Crippen molar-refractivity contribution >= 4 is 0 Å². The summed E-state index contributed by atoms with van der Waals surface area (Å²) in [4.78, 5) is 0. The Morgan fingerprint density at radius 3 is 2.12 bits per heavy atom. The summed E-state index contributed by atoms with van der Waals surface area (Å²) in [5.74, 6) is 0.328. The smallest absolute Gasteiger partial charge is 0.123 e. The van der Waals surface area contributed by atoms with Gasteiger partial charge in [0, 0.05) is 12.1 Å². The Kier molecular flexibility index (Phi) is 4.94. The van der Waals surface area contributed by atoms with Crippen molar-refractivity contribution in [3.63, 3.8) is 0 Å². The van der Waals surface area contributed by atoms with Gasteiger partial charge in [-0.25, -0.2) is 4.39 Å². The van der Waals surface area contributed by atoms with Gasteiger partial charge in [-0.3, -0.25) is 0 Å². The maximum absolute atomic E-state index is 12.9. The number of benzene rings is 1. The quantitative estimate of drug-likeness (QED) is 0.798. The normalized spacial score (nSPS) is 15.1. The highest BCUT2D eigenvalue weighted by Gasteiger charge is 2.17. The Labute approximate surface area is 98.1 Å². The van der Waals surface area contributed by atoms with Gasteiger partial charge in [-0.15, -0.1) is 0 Å². The van der Waals surface area contributed by atoms with Crippen molar-refractivity contribution in [3.8, 4) is 0 Å². The third-order valence-corrected chi connectivity index (χ3v) is 2.97. The lowest BCUT2D eigenvalue weighted by atomic mass is 9.95. The topological polar surface area (TPSA) is 12.0 Å². The van der Waals surface area contributed by atoms with E-state index < -0.39 is 0 Å². The minimum absolute atomic E-state index is 0.171. The first-order chi connectivity index (χ1) is 7.54. The molecule has 0 amide bonds. The number of rotatable bonds is 5. The van der Waals surface area contributed by atoms with Crippen LogP contribution < -0.4 is 5.32 Å². The minimum atomic E-state index is -0.171. The largest absolute Gasteiger partial charge is 0.307 e. The first-order valence-electron chi connectivity index (χ1n) is 6.06. The van der Waals surface area contributed by atoms with Gasteiger partial charge in [0.15, 0.2) is 0 Å². The van der Waals surface area contributed by atoms with Gasteiger partial charge in [0.25, 0.3) is 0 Å². The fourth-order valence-corrected chi connectivity index (χ4v) is 1.77. The monoisotopic (exact) mass is 223 g/mol. The second-order valence-electron chi connectivity index (χ2n) is 4.75. The van der Waals surface area contributed by atoms with E-state index in [2.05, 4.69) is 33.0 Å². The molecule has 16 heavy (non-hydrogen) atoms. The van der Waals surface area contributed by atoms with E-state index in [4.69, 9.17) is 0 Å². The summed E-state index contributed by atoms with van der Waals surface area (Å²) in [7, 11) is 0. The second-order valence-corrected chi connectivity index (χ2v) is 4.75. The molecule has 0 spiro atoms. The van der Waals surface area contributed by atoms with Crippen LogP contribution in [0.5, 0.6) is 0 Å². The molecule has 0 aromatic heterocycles. The zero-order valence-corrected chi connectivity index (χ0v) is 10.6. The van der Waals surface area contributed by atoms with E-state index in [0.29, 0.717) is 18.0 Å². The Hall–Kier alpha value is -0.890. The van der Waals surface area contributed by atoms with Gasteiger partial charge < -0.3 is 5.32 Å². The van der Waals surface area contributed by atoms with E-state index in [0.717, 1.165) is 12.0 Å². The summed E-state index contributed by atoms with van der Waals surface area (Å²) in [5.41, 5.74) is 1.16. The van der Waals surface area contributed by atoms with Gasteiger partial charge in [0.1, 0.15) is 5.82 Å². The molecule has 0 saturated carbocycles. The molecule has 1 rings (SSSR count). The van der Waals surface area contributed by atoms with Crippen LogP contribution in [-0.2, 0) is 0 Å². The van der Waals surface area contributed by atoms with Crippen LogP contribution in [0.1, 0.15) is 45.7 Å². The van der Waals surface area contributed by atoms with Gasteiger partial charge in [0.2, 0.25) is 0 Å². The lowest BCUT2D eigenvalue weighted by Crippen LogP contribution is -2.33. The molecule has 90 valence electrons. The fourth-order valence-electron chi connectivity index (χ4n) is 1.77. The molecule has 0 aliphatic heterocycles. The van der Waals surface area contributed by atoms with Crippen LogP contribution in [0.4, 0.5) is 4.39 Å². The van der Waals surface area contributed by atoms with Gasteiger partial charge in [-0.2, -0.15) is 0 Å². The molecule has 2 unspecified atom stereocenters. The van der Waals surface area contributed by atoms with E-state index in [1.807, 2.05) is 12.1 Å². The lowest BCUT2D eigenvalue weighted by molar-refractivity contribution is 0.364. The van der Waals surface area contributed by atoms with E-state index in [1.54, 1.807) is 0 Å². The number of hydrogen-bond donors (Lipinski definition) is 1. The summed E-state index contributed by atoms with van der Waals surface area (Å²) < 4.78 is 12.9. The van der Waals surface area contributed by atoms with Crippen LogP contribution in [-0.4, -0.2) is 6.04 Å². The molecule has 0 radical (unpaired) electrons. The van der Waals surface area contributed by atoms with E-state index in [9.17, 15) is 4.39 Å². The molecule has 2 atom stereocenters. The third-order valence-electron chi connectivity index (χ3n) is 2.97. The van der Waals surface area contributed by atoms with Gasteiger partial charge >= 0.3 is 0 Å². The molecule has 0 aliphatic rings. The van der Waals surface area contributed by atoms with Gasteiger partial charge in [-0.1, -0.05) is 32.9 Å². The summed E-state index contributed by atoms with van der Waals surface area (Å²) in [6, 6.07) is 7.59. The highest BCUT2D eigenvalue weighted by molar-refractivity contribution is 5.20. The Bertz CT molecular complexity index is 305. The molecule has 1 aromatic carbocycles. The molecule has 0 heterocycles. The van der Waals surface area contributed by atoms with E-state index >= 15 is 0 Å². The van der Waals surface area contributed by atoms with Crippen molar-refractivity contribution in [2.75, 3.05) is 0 Å². The first-order valence-corrected chi connectivity index (χ1v) is 6.06. The maximum atomic E-state index is 12.9. The Morgan fingerprint density at radius 1 is 1.12 bits per heavy atom. The van der Waals surface area contributed by atoms with Crippen molar-refractivity contribution in [1.29, 1.82) is 0 Å². The molecule has 0 bridgehead atoms. The van der Waals surface area contributed by atoms with Crippen LogP contribution in [0, 0.1) is 11.7 Å². The average molecular weight is 223 g/mol. The highest BCUT2D eigenvalue weighted by Crippen LogP contribution is 2.22. The molecule has 1 N–H and O–H groups in total. The molecular weight excluding hydrogens is 201 g/mol. The Morgan fingerprint density at radius 2 is 1.69 bits per heavy atom. The third kappa shape index (κ3) is 3.60. The molecule has 0 saturated heterocycles. The molecule has 0 fully saturated rings. The van der Waals surface area contributed by atoms with Gasteiger partial charge in [-0.05, 0) is 37.0 Å². The molecule has 1 aromatic rings. The summed E-state index contributed by atoms with van der Waals surface area (Å²) in [6.07, 6.45) is 1.10. The SMILES string of the molecule is CCC(C)NC(c1ccc(F)cc1)C(C)C. The standard InChI is InChI=1S/C14H22FN/c1-5-11(4)16-14(10(2)3)12-6-8-13(15)9-7-12/h6-11,14,16H,5H2,1-4H3. The number of halogens is 1. The first kappa shape index (κ1) is 13.2. The molecule has 0 aliphatic carbocycles. The second kappa shape index (κ2) is 6.00. The van der Waals surface area contributed by atoms with Crippen LogP contribution in [0.15, 0.2) is 24.3 Å². The lowest BCUT2D eigenvalue weighted by Gasteiger charge is -2.26. The minimum Gasteiger partial charge on any atom is -0.307 e. The zero-order valence-electron chi connectivity index (χ0n) is 10.6. The van der Waals surface area contributed by atoms with Crippen LogP contribution >= 0.6 is 0 Å². The van der Waals surface area contributed by atoms with E-state index in [1.165, 1.54) is 12.1 Å². The van der Waals surface area contributed by atoms with Crippen molar-refractivity contribution in [1.82, 2.24) is 5.32 Å². The molecular formula is C14H22FN. The van der Waals surface area contributed by atoms with Crippen LogP contribution in [0.2, 0.25) is 0 Å². The summed E-state index contributed by atoms with van der Waals surface area (Å²) in [6.45, 7) is 8.71. The predicted molar refractivity (Wildman–Crippen MR) is 66.9 cm³/mol. The van der Waals surface area contributed by atoms with Crippen molar-refractivity contribution < 1.29 is 4.39 Å². The number of nitrogens with one attached hydrogen (secondary N) is 1. The van der Waals surface area contributed by atoms with Crippen molar-refractivity contribution in [3.05, 3.63) is 35.6 Å². The fraction of sp³-hybridized carbons (Fsp3) is 0.571. The van der Waals surface area contributed by atoms with E-state index in [-0.39, 0.29) is 5.82 Å². The van der Waals surface area contributed by atoms with Crippen molar-refractivity contribution in [2.24, 2.45) is 5.92 Å². The highest BCUT2D eigenvalue weighted by atomic mass is 19.1. The maximum Gasteiger partial charge on any atom is 0.123 e. The zero-order chi connectivity index (χ0) is 12.1. The van der Waals surface area contributed by atoms with Crippen LogP contribution in [0.25, 0.3) is 0 Å².